The fourth-order valence-electron chi connectivity index (χ4n) is 2.24. The molecular weight excluding hydrogens is 188 g/mol. The number of pyridine rings is 1. The molecule has 1 atom stereocenters. The second-order valence-electron chi connectivity index (χ2n) is 4.04. The molecular formula is C12H16N2O. The van der Waals surface area contributed by atoms with Crippen molar-refractivity contribution >= 4 is 5.78 Å². The molecule has 1 saturated heterocycles. The summed E-state index contributed by atoms with van der Waals surface area (Å²) in [5, 5.41) is 3.34. The maximum absolute atomic E-state index is 12.3. The van der Waals surface area contributed by atoms with Gasteiger partial charge in [0.25, 0.3) is 0 Å². The van der Waals surface area contributed by atoms with E-state index in [0.717, 1.165) is 25.8 Å². The summed E-state index contributed by atoms with van der Waals surface area (Å²) in [5.74, 6) is 0.190. The van der Waals surface area contributed by atoms with Gasteiger partial charge in [-0.2, -0.15) is 0 Å². The van der Waals surface area contributed by atoms with Crippen molar-refractivity contribution < 1.29 is 4.79 Å². The summed E-state index contributed by atoms with van der Waals surface area (Å²) < 4.78 is 0. The molecule has 0 radical (unpaired) electrons. The van der Waals surface area contributed by atoms with Gasteiger partial charge in [-0.05, 0) is 37.9 Å². The lowest BCUT2D eigenvalue weighted by molar-refractivity contribution is 0.0863. The number of ketones is 1. The van der Waals surface area contributed by atoms with E-state index in [1.54, 1.807) is 12.4 Å². The van der Waals surface area contributed by atoms with E-state index in [4.69, 9.17) is 0 Å². The number of nitrogens with zero attached hydrogens (tertiary/aromatic N) is 1. The maximum Gasteiger partial charge on any atom is 0.184 e. The molecule has 0 amide bonds. The monoisotopic (exact) mass is 204 g/mol. The summed E-state index contributed by atoms with van der Waals surface area (Å²) in [6.45, 7) is 3.01. The minimum absolute atomic E-state index is 0.190. The van der Waals surface area contributed by atoms with E-state index in [-0.39, 0.29) is 11.3 Å². The van der Waals surface area contributed by atoms with Crippen LogP contribution in [0.3, 0.4) is 0 Å². The molecule has 1 aromatic heterocycles. The summed E-state index contributed by atoms with van der Waals surface area (Å²) in [7, 11) is 0. The van der Waals surface area contributed by atoms with Gasteiger partial charge in [-0.15, -0.1) is 0 Å². The number of carbonyl (C=O) groups excluding carboxylic acids is 1. The van der Waals surface area contributed by atoms with Gasteiger partial charge in [0.1, 0.15) is 0 Å². The topological polar surface area (TPSA) is 42.0 Å². The Morgan fingerprint density at radius 3 is 3.07 bits per heavy atom. The minimum atomic E-state index is -0.330. The van der Waals surface area contributed by atoms with Crippen LogP contribution in [0.25, 0.3) is 0 Å². The van der Waals surface area contributed by atoms with Crippen LogP contribution in [0, 0.1) is 0 Å². The van der Waals surface area contributed by atoms with Gasteiger partial charge >= 0.3 is 0 Å². The van der Waals surface area contributed by atoms with Crippen LogP contribution in [0.5, 0.6) is 0 Å². The van der Waals surface area contributed by atoms with Crippen LogP contribution in [-0.4, -0.2) is 22.9 Å². The van der Waals surface area contributed by atoms with E-state index in [9.17, 15) is 4.79 Å². The second-order valence-corrected chi connectivity index (χ2v) is 4.04. The van der Waals surface area contributed by atoms with Gasteiger partial charge in [0.15, 0.2) is 5.78 Å². The van der Waals surface area contributed by atoms with Crippen LogP contribution in [-0.2, 0) is 0 Å². The van der Waals surface area contributed by atoms with E-state index in [1.165, 1.54) is 0 Å². The van der Waals surface area contributed by atoms with Crippen molar-refractivity contribution in [1.29, 1.82) is 0 Å². The first-order valence-electron chi connectivity index (χ1n) is 5.48. The Bertz CT molecular complexity index is 342. The lowest BCUT2D eigenvalue weighted by Gasteiger charge is -2.26. The Labute approximate surface area is 89.9 Å². The van der Waals surface area contributed by atoms with Gasteiger partial charge in [0.2, 0.25) is 0 Å². The first kappa shape index (κ1) is 10.3. The second kappa shape index (κ2) is 4.11. The van der Waals surface area contributed by atoms with E-state index in [1.807, 2.05) is 12.1 Å². The van der Waals surface area contributed by atoms with Crippen LogP contribution >= 0.6 is 0 Å². The van der Waals surface area contributed by atoms with Crippen molar-refractivity contribution in [2.24, 2.45) is 0 Å². The van der Waals surface area contributed by atoms with Gasteiger partial charge in [0.05, 0.1) is 5.54 Å². The fourth-order valence-corrected chi connectivity index (χ4v) is 2.24. The zero-order chi connectivity index (χ0) is 10.7. The van der Waals surface area contributed by atoms with E-state index in [0.29, 0.717) is 5.56 Å². The molecule has 3 nitrogen and oxygen atoms in total. The van der Waals surface area contributed by atoms with Crippen molar-refractivity contribution in [2.45, 2.75) is 31.7 Å². The number of Topliss-reactive ketones (excluding diaryl/α,β-unsaturated/α-hetero) is 1. The summed E-state index contributed by atoms with van der Waals surface area (Å²) in [6.07, 6.45) is 6.22. The molecule has 15 heavy (non-hydrogen) atoms. The molecule has 1 aliphatic rings. The molecule has 3 heteroatoms. The van der Waals surface area contributed by atoms with Crippen molar-refractivity contribution in [3.8, 4) is 0 Å². The normalized spacial score (nSPS) is 25.4. The smallest absolute Gasteiger partial charge is 0.184 e. The highest BCUT2D eigenvalue weighted by molar-refractivity contribution is 6.03. The number of nitrogens with one attached hydrogen (secondary N) is 1. The third-order valence-corrected chi connectivity index (χ3v) is 3.21. The molecule has 80 valence electrons. The predicted octanol–water partition coefficient (Wildman–Crippen LogP) is 1.80. The van der Waals surface area contributed by atoms with E-state index >= 15 is 0 Å². The van der Waals surface area contributed by atoms with Crippen molar-refractivity contribution in [2.75, 3.05) is 6.54 Å². The number of rotatable bonds is 3. The SMILES string of the molecule is CCC1(C(=O)c2cccnc2)CCCN1. The molecule has 0 aliphatic carbocycles. The average molecular weight is 204 g/mol. The van der Waals surface area contributed by atoms with Crippen molar-refractivity contribution in [1.82, 2.24) is 10.3 Å². The van der Waals surface area contributed by atoms with Gasteiger partial charge in [-0.25, -0.2) is 0 Å². The Morgan fingerprint density at radius 1 is 1.67 bits per heavy atom. The highest BCUT2D eigenvalue weighted by Gasteiger charge is 2.39. The largest absolute Gasteiger partial charge is 0.305 e. The van der Waals surface area contributed by atoms with Crippen LogP contribution in [0.2, 0.25) is 0 Å². The molecule has 0 spiro atoms. The summed E-state index contributed by atoms with van der Waals surface area (Å²) in [5.41, 5.74) is 0.386. The van der Waals surface area contributed by atoms with Gasteiger partial charge < -0.3 is 5.32 Å². The van der Waals surface area contributed by atoms with Crippen molar-refractivity contribution in [3.05, 3.63) is 30.1 Å². The Kier molecular flexibility index (Phi) is 2.82. The standard InChI is InChI=1S/C12H16N2O/c1-2-12(6-4-8-14-12)11(15)10-5-3-7-13-9-10/h3,5,7,9,14H,2,4,6,8H2,1H3. The molecule has 1 aliphatic heterocycles. The average Bonchev–Trinajstić information content (AvgIpc) is 2.79. The fraction of sp³-hybridized carbons (Fsp3) is 0.500. The quantitative estimate of drug-likeness (QED) is 0.763. The highest BCUT2D eigenvalue weighted by atomic mass is 16.1. The molecule has 0 saturated carbocycles. The Morgan fingerprint density at radius 2 is 2.53 bits per heavy atom. The van der Waals surface area contributed by atoms with Gasteiger partial charge in [-0.1, -0.05) is 6.92 Å². The number of hydrogen-bond acceptors (Lipinski definition) is 3. The molecule has 0 aromatic carbocycles. The van der Waals surface area contributed by atoms with Crippen LogP contribution in [0.1, 0.15) is 36.5 Å². The van der Waals surface area contributed by atoms with Crippen LogP contribution in [0.15, 0.2) is 24.5 Å². The minimum Gasteiger partial charge on any atom is -0.305 e. The van der Waals surface area contributed by atoms with Crippen LogP contribution in [0.4, 0.5) is 0 Å². The molecule has 2 rings (SSSR count). The Balaban J connectivity index is 2.27. The zero-order valence-electron chi connectivity index (χ0n) is 8.99. The highest BCUT2D eigenvalue weighted by Crippen LogP contribution is 2.26. The number of carbonyl (C=O) groups is 1. The third kappa shape index (κ3) is 1.79. The first-order valence-corrected chi connectivity index (χ1v) is 5.48. The number of aromatic nitrogens is 1. The lowest BCUT2D eigenvalue weighted by Crippen LogP contribution is -2.47. The molecule has 2 heterocycles. The summed E-state index contributed by atoms with van der Waals surface area (Å²) >= 11 is 0. The van der Waals surface area contributed by atoms with E-state index < -0.39 is 0 Å². The first-order chi connectivity index (χ1) is 7.28. The molecule has 1 unspecified atom stereocenters. The molecule has 1 aromatic rings. The molecule has 1 N–H and O–H groups in total. The van der Waals surface area contributed by atoms with Gasteiger partial charge in [-0.3, -0.25) is 9.78 Å². The third-order valence-electron chi connectivity index (χ3n) is 3.21. The number of hydrogen-bond donors (Lipinski definition) is 1. The Hall–Kier alpha value is -1.22. The van der Waals surface area contributed by atoms with Crippen molar-refractivity contribution in [3.63, 3.8) is 0 Å². The van der Waals surface area contributed by atoms with E-state index in [2.05, 4.69) is 17.2 Å². The lowest BCUT2D eigenvalue weighted by atomic mass is 9.86. The van der Waals surface area contributed by atoms with Gasteiger partial charge in [0, 0.05) is 18.0 Å². The predicted molar refractivity (Wildman–Crippen MR) is 58.8 cm³/mol. The summed E-state index contributed by atoms with van der Waals surface area (Å²) in [4.78, 5) is 16.3. The van der Waals surface area contributed by atoms with Crippen LogP contribution < -0.4 is 5.32 Å². The summed E-state index contributed by atoms with van der Waals surface area (Å²) in [6, 6.07) is 3.65. The zero-order valence-corrected chi connectivity index (χ0v) is 8.99. The molecule has 0 bridgehead atoms. The molecule has 1 fully saturated rings. The maximum atomic E-state index is 12.3.